The van der Waals surface area contributed by atoms with E-state index in [0.29, 0.717) is 28.8 Å². The van der Waals surface area contributed by atoms with Crippen LogP contribution in [0.15, 0.2) is 12.1 Å². The molecule has 0 radical (unpaired) electrons. The van der Waals surface area contributed by atoms with Gasteiger partial charge in [0.2, 0.25) is 0 Å². The Morgan fingerprint density at radius 1 is 1.16 bits per heavy atom. The van der Waals surface area contributed by atoms with Crippen LogP contribution >= 0.6 is 0 Å². The van der Waals surface area contributed by atoms with Gasteiger partial charge in [-0.25, -0.2) is 0 Å². The summed E-state index contributed by atoms with van der Waals surface area (Å²) in [6, 6.07) is 3.47. The van der Waals surface area contributed by atoms with Crippen molar-refractivity contribution in [2.45, 2.75) is 27.2 Å². The molecule has 0 unspecified atom stereocenters. The van der Waals surface area contributed by atoms with Crippen molar-refractivity contribution in [3.63, 3.8) is 0 Å². The predicted molar refractivity (Wildman–Crippen MR) is 78.9 cm³/mol. The molecular formula is C15H23N3O. The van der Waals surface area contributed by atoms with Gasteiger partial charge in [-0.3, -0.25) is 4.79 Å². The monoisotopic (exact) mass is 261 g/mol. The minimum absolute atomic E-state index is 0.0387. The third-order valence-corrected chi connectivity index (χ3v) is 3.89. The second kappa shape index (κ2) is 5.11. The Kier molecular flexibility index (Phi) is 3.69. The topological polar surface area (TPSA) is 72.4 Å². The standard InChI is InChI=1S/C15H23N3O/c1-9-4-10(2)8-18(7-9)15(19)12-5-13(16)11(3)14(17)6-12/h5-6,9-10H,4,7-8,16-17H2,1-3H3/t9-,10+. The van der Waals surface area contributed by atoms with Crippen molar-refractivity contribution in [2.24, 2.45) is 11.8 Å². The summed E-state index contributed by atoms with van der Waals surface area (Å²) in [7, 11) is 0. The molecule has 1 aromatic rings. The highest BCUT2D eigenvalue weighted by Crippen LogP contribution is 2.25. The fourth-order valence-corrected chi connectivity index (χ4v) is 2.89. The van der Waals surface area contributed by atoms with E-state index >= 15 is 0 Å². The highest BCUT2D eigenvalue weighted by Gasteiger charge is 2.26. The largest absolute Gasteiger partial charge is 0.398 e. The Hall–Kier alpha value is -1.71. The van der Waals surface area contributed by atoms with E-state index in [4.69, 9.17) is 11.5 Å². The summed E-state index contributed by atoms with van der Waals surface area (Å²) in [4.78, 5) is 14.4. The van der Waals surface area contributed by atoms with Crippen LogP contribution in [0.3, 0.4) is 0 Å². The molecule has 0 spiro atoms. The van der Waals surface area contributed by atoms with Gasteiger partial charge in [-0.1, -0.05) is 13.8 Å². The first-order valence-electron chi connectivity index (χ1n) is 6.83. The van der Waals surface area contributed by atoms with Crippen LogP contribution in [0, 0.1) is 18.8 Å². The molecule has 4 heteroatoms. The second-order valence-corrected chi connectivity index (χ2v) is 5.94. The van der Waals surface area contributed by atoms with Gasteiger partial charge in [-0.15, -0.1) is 0 Å². The third-order valence-electron chi connectivity index (χ3n) is 3.89. The molecule has 4 nitrogen and oxygen atoms in total. The average molecular weight is 261 g/mol. The van der Waals surface area contributed by atoms with Crippen molar-refractivity contribution in [1.82, 2.24) is 4.90 Å². The maximum absolute atomic E-state index is 12.5. The zero-order chi connectivity index (χ0) is 14.2. The van der Waals surface area contributed by atoms with Gasteiger partial charge in [0.15, 0.2) is 0 Å². The molecule has 2 rings (SSSR count). The second-order valence-electron chi connectivity index (χ2n) is 5.94. The van der Waals surface area contributed by atoms with Crippen molar-refractivity contribution in [1.29, 1.82) is 0 Å². The summed E-state index contributed by atoms with van der Waals surface area (Å²) in [5.74, 6) is 1.14. The Bertz CT molecular complexity index is 465. The number of nitrogens with two attached hydrogens (primary N) is 2. The number of carbonyl (C=O) groups is 1. The molecule has 1 aromatic carbocycles. The molecule has 0 aromatic heterocycles. The Morgan fingerprint density at radius 2 is 1.63 bits per heavy atom. The molecule has 19 heavy (non-hydrogen) atoms. The molecule has 1 aliphatic heterocycles. The molecule has 0 bridgehead atoms. The average Bonchev–Trinajstić information content (AvgIpc) is 2.33. The van der Waals surface area contributed by atoms with Crippen LogP contribution in [0.2, 0.25) is 0 Å². The minimum atomic E-state index is 0.0387. The van der Waals surface area contributed by atoms with Gasteiger partial charge in [0.1, 0.15) is 0 Å². The molecule has 104 valence electrons. The lowest BCUT2D eigenvalue weighted by molar-refractivity contribution is 0.0623. The van der Waals surface area contributed by atoms with Crippen molar-refractivity contribution in [2.75, 3.05) is 24.6 Å². The van der Waals surface area contributed by atoms with Crippen LogP contribution in [0.1, 0.15) is 36.2 Å². The van der Waals surface area contributed by atoms with E-state index in [9.17, 15) is 4.79 Å². The number of hydrogen-bond donors (Lipinski definition) is 2. The van der Waals surface area contributed by atoms with Crippen LogP contribution in [-0.2, 0) is 0 Å². The van der Waals surface area contributed by atoms with E-state index in [1.54, 1.807) is 12.1 Å². The molecule has 4 N–H and O–H groups in total. The summed E-state index contributed by atoms with van der Waals surface area (Å²) in [5.41, 5.74) is 14.4. The smallest absolute Gasteiger partial charge is 0.254 e. The fraction of sp³-hybridized carbons (Fsp3) is 0.533. The molecule has 1 heterocycles. The minimum Gasteiger partial charge on any atom is -0.398 e. The molecule has 1 saturated heterocycles. The maximum atomic E-state index is 12.5. The van der Waals surface area contributed by atoms with Gasteiger partial charge >= 0.3 is 0 Å². The predicted octanol–water partition coefficient (Wildman–Crippen LogP) is 2.28. The van der Waals surface area contributed by atoms with E-state index in [2.05, 4.69) is 13.8 Å². The summed E-state index contributed by atoms with van der Waals surface area (Å²) < 4.78 is 0. The summed E-state index contributed by atoms with van der Waals surface area (Å²) in [5, 5.41) is 0. The Balaban J connectivity index is 2.24. The molecule has 2 atom stereocenters. The number of nitrogen functional groups attached to an aromatic ring is 2. The molecule has 1 amide bonds. The lowest BCUT2D eigenvalue weighted by Crippen LogP contribution is -2.42. The summed E-state index contributed by atoms with van der Waals surface area (Å²) in [6.07, 6.45) is 1.18. The number of piperidine rings is 1. The first kappa shape index (κ1) is 13.7. The number of nitrogens with zero attached hydrogens (tertiary/aromatic N) is 1. The summed E-state index contributed by atoms with van der Waals surface area (Å²) >= 11 is 0. The number of anilines is 2. The highest BCUT2D eigenvalue weighted by molar-refractivity contribution is 5.96. The van der Waals surface area contributed by atoms with E-state index < -0.39 is 0 Å². The lowest BCUT2D eigenvalue weighted by atomic mass is 9.91. The van der Waals surface area contributed by atoms with E-state index in [-0.39, 0.29) is 5.91 Å². The number of rotatable bonds is 1. The van der Waals surface area contributed by atoms with E-state index in [0.717, 1.165) is 18.7 Å². The van der Waals surface area contributed by atoms with E-state index in [1.807, 2.05) is 11.8 Å². The Morgan fingerprint density at radius 3 is 2.11 bits per heavy atom. The number of likely N-dealkylation sites (tertiary alicyclic amines) is 1. The van der Waals surface area contributed by atoms with Crippen LogP contribution in [0.5, 0.6) is 0 Å². The molecule has 1 fully saturated rings. The molecular weight excluding hydrogens is 238 g/mol. The Labute approximate surface area is 114 Å². The molecule has 1 aliphatic rings. The quantitative estimate of drug-likeness (QED) is 0.762. The fourth-order valence-electron chi connectivity index (χ4n) is 2.89. The number of benzene rings is 1. The number of amides is 1. The van der Waals surface area contributed by atoms with Crippen LogP contribution in [0.4, 0.5) is 11.4 Å². The highest BCUT2D eigenvalue weighted by atomic mass is 16.2. The van der Waals surface area contributed by atoms with Crippen LogP contribution in [-0.4, -0.2) is 23.9 Å². The normalized spacial score (nSPS) is 23.4. The number of carbonyl (C=O) groups excluding carboxylic acids is 1. The SMILES string of the molecule is Cc1c(N)cc(C(=O)N2C[C@H](C)C[C@H](C)C2)cc1N. The van der Waals surface area contributed by atoms with Crippen molar-refractivity contribution >= 4 is 17.3 Å². The van der Waals surface area contributed by atoms with Gasteiger partial charge in [0.05, 0.1) is 0 Å². The third kappa shape index (κ3) is 2.83. The summed E-state index contributed by atoms with van der Waals surface area (Å²) in [6.45, 7) is 7.87. The van der Waals surface area contributed by atoms with Gasteiger partial charge in [-0.2, -0.15) is 0 Å². The van der Waals surface area contributed by atoms with Crippen molar-refractivity contribution in [3.8, 4) is 0 Å². The van der Waals surface area contributed by atoms with Crippen molar-refractivity contribution in [3.05, 3.63) is 23.3 Å². The molecule has 0 aliphatic carbocycles. The zero-order valence-corrected chi connectivity index (χ0v) is 11.9. The molecule has 0 saturated carbocycles. The maximum Gasteiger partial charge on any atom is 0.254 e. The van der Waals surface area contributed by atoms with Gasteiger partial charge in [0.25, 0.3) is 5.91 Å². The van der Waals surface area contributed by atoms with Gasteiger partial charge in [-0.05, 0) is 42.9 Å². The number of hydrogen-bond acceptors (Lipinski definition) is 3. The van der Waals surface area contributed by atoms with Gasteiger partial charge in [0, 0.05) is 30.0 Å². The lowest BCUT2D eigenvalue weighted by Gasteiger charge is -2.35. The first-order chi connectivity index (χ1) is 8.88. The van der Waals surface area contributed by atoms with Crippen molar-refractivity contribution < 1.29 is 4.79 Å². The van der Waals surface area contributed by atoms with Crippen LogP contribution < -0.4 is 11.5 Å². The van der Waals surface area contributed by atoms with Crippen LogP contribution in [0.25, 0.3) is 0 Å². The van der Waals surface area contributed by atoms with E-state index in [1.165, 1.54) is 6.42 Å². The van der Waals surface area contributed by atoms with Gasteiger partial charge < -0.3 is 16.4 Å². The first-order valence-corrected chi connectivity index (χ1v) is 6.83. The zero-order valence-electron chi connectivity index (χ0n) is 11.9.